The van der Waals surface area contributed by atoms with Gasteiger partial charge in [-0.25, -0.2) is 9.18 Å². The van der Waals surface area contributed by atoms with Gasteiger partial charge in [0.25, 0.3) is 0 Å². The van der Waals surface area contributed by atoms with E-state index in [9.17, 15) is 9.18 Å². The summed E-state index contributed by atoms with van der Waals surface area (Å²) in [6, 6.07) is 8.90. The second kappa shape index (κ2) is 7.47. The highest BCUT2D eigenvalue weighted by atomic mass is 19.1. The van der Waals surface area contributed by atoms with E-state index in [0.717, 1.165) is 6.42 Å². The van der Waals surface area contributed by atoms with Gasteiger partial charge in [-0.05, 0) is 37.0 Å². The molecule has 1 fully saturated rings. The number of piperidine rings is 1. The molecule has 0 saturated carbocycles. The van der Waals surface area contributed by atoms with Crippen molar-refractivity contribution in [2.75, 3.05) is 18.4 Å². The van der Waals surface area contributed by atoms with Gasteiger partial charge in [-0.2, -0.15) is 0 Å². The Morgan fingerprint density at radius 3 is 2.92 bits per heavy atom. The number of carbonyl (C=O) groups is 1. The number of urea groups is 1. The van der Waals surface area contributed by atoms with E-state index in [2.05, 4.69) is 17.2 Å². The van der Waals surface area contributed by atoms with Crippen LogP contribution in [0.3, 0.4) is 0 Å². The van der Waals surface area contributed by atoms with Gasteiger partial charge in [-0.3, -0.25) is 4.98 Å². The van der Waals surface area contributed by atoms with Crippen molar-refractivity contribution in [2.45, 2.75) is 20.3 Å². The van der Waals surface area contributed by atoms with Crippen molar-refractivity contribution >= 4 is 17.8 Å². The Morgan fingerprint density at radius 2 is 2.20 bits per heavy atom. The molecule has 0 bridgehead atoms. The predicted octanol–water partition coefficient (Wildman–Crippen LogP) is 4.49. The minimum atomic E-state index is -0.168. The topological polar surface area (TPSA) is 45.2 Å². The molecule has 1 atom stereocenters. The number of pyridine rings is 1. The van der Waals surface area contributed by atoms with E-state index in [1.807, 2.05) is 18.2 Å². The van der Waals surface area contributed by atoms with Crippen LogP contribution in [0.15, 0.2) is 48.3 Å². The fourth-order valence-corrected chi connectivity index (χ4v) is 3.07. The minimum Gasteiger partial charge on any atom is -0.324 e. The van der Waals surface area contributed by atoms with E-state index in [-0.39, 0.29) is 17.8 Å². The first kappa shape index (κ1) is 17.1. The molecule has 1 aliphatic heterocycles. The zero-order valence-corrected chi connectivity index (χ0v) is 14.5. The fraction of sp³-hybridized carbons (Fsp3) is 0.300. The van der Waals surface area contributed by atoms with Crippen molar-refractivity contribution in [3.05, 3.63) is 65.2 Å². The third-order valence-corrected chi connectivity index (χ3v) is 4.56. The molecule has 0 aliphatic carbocycles. The van der Waals surface area contributed by atoms with Crippen LogP contribution in [0.2, 0.25) is 0 Å². The van der Waals surface area contributed by atoms with E-state index in [1.54, 1.807) is 42.4 Å². The molecule has 0 radical (unpaired) electrons. The molecule has 1 saturated heterocycles. The lowest BCUT2D eigenvalue weighted by atomic mass is 9.91. The number of likely N-dealkylation sites (tertiary alicyclic amines) is 1. The molecule has 1 aliphatic rings. The molecule has 0 spiro atoms. The van der Waals surface area contributed by atoms with Crippen molar-refractivity contribution in [2.24, 2.45) is 5.92 Å². The van der Waals surface area contributed by atoms with Gasteiger partial charge in [0.15, 0.2) is 0 Å². The van der Waals surface area contributed by atoms with Gasteiger partial charge in [0, 0.05) is 24.8 Å². The summed E-state index contributed by atoms with van der Waals surface area (Å²) >= 11 is 0. The number of nitrogens with zero attached hydrogens (tertiary/aromatic N) is 2. The van der Waals surface area contributed by atoms with E-state index in [1.165, 1.54) is 5.57 Å². The molecule has 4 nitrogen and oxygen atoms in total. The number of nitrogens with one attached hydrogen (secondary N) is 1. The summed E-state index contributed by atoms with van der Waals surface area (Å²) in [5, 5.41) is 2.86. The second-order valence-electron chi connectivity index (χ2n) is 6.47. The Bertz CT molecular complexity index is 789. The van der Waals surface area contributed by atoms with Crippen molar-refractivity contribution in [3.63, 3.8) is 0 Å². The SMILES string of the molecule is Cc1cccc(C=C2CCN(C(=O)Nc3cccnc3)CC2C)c1F. The molecule has 25 heavy (non-hydrogen) atoms. The van der Waals surface area contributed by atoms with Gasteiger partial charge >= 0.3 is 6.03 Å². The lowest BCUT2D eigenvalue weighted by molar-refractivity contribution is 0.198. The Hall–Kier alpha value is -2.69. The number of aromatic nitrogens is 1. The van der Waals surface area contributed by atoms with Gasteiger partial charge in [0.05, 0.1) is 11.9 Å². The van der Waals surface area contributed by atoms with Crippen LogP contribution in [-0.4, -0.2) is 29.0 Å². The highest BCUT2D eigenvalue weighted by Gasteiger charge is 2.24. The quantitative estimate of drug-likeness (QED) is 0.876. The summed E-state index contributed by atoms with van der Waals surface area (Å²) in [6.07, 6.45) is 5.97. The smallest absolute Gasteiger partial charge is 0.321 e. The van der Waals surface area contributed by atoms with Gasteiger partial charge in [0.1, 0.15) is 5.82 Å². The monoisotopic (exact) mass is 339 g/mol. The first-order valence-electron chi connectivity index (χ1n) is 8.46. The molecule has 1 unspecified atom stereocenters. The van der Waals surface area contributed by atoms with E-state index >= 15 is 0 Å². The van der Waals surface area contributed by atoms with Gasteiger partial charge in [-0.15, -0.1) is 0 Å². The summed E-state index contributed by atoms with van der Waals surface area (Å²) in [7, 11) is 0. The van der Waals surface area contributed by atoms with Crippen molar-refractivity contribution in [1.29, 1.82) is 0 Å². The maximum atomic E-state index is 14.2. The first-order chi connectivity index (χ1) is 12.0. The summed E-state index contributed by atoms with van der Waals surface area (Å²) in [4.78, 5) is 18.2. The zero-order chi connectivity index (χ0) is 17.8. The predicted molar refractivity (Wildman–Crippen MR) is 97.7 cm³/mol. The molecular formula is C20H22FN3O. The standard InChI is InChI=1S/C20H22FN3O/c1-14-5-3-6-17(19(14)21)11-16-8-10-24(13-15(16)2)20(25)23-18-7-4-9-22-12-18/h3-7,9,11-12,15H,8,10,13H2,1-2H3,(H,23,25). The van der Waals surface area contributed by atoms with Crippen LogP contribution < -0.4 is 5.32 Å². The molecule has 3 rings (SSSR count). The molecule has 2 amide bonds. The zero-order valence-electron chi connectivity index (χ0n) is 14.5. The molecule has 1 aromatic carbocycles. The first-order valence-corrected chi connectivity index (χ1v) is 8.46. The minimum absolute atomic E-state index is 0.124. The number of anilines is 1. The van der Waals surface area contributed by atoms with Crippen LogP contribution in [0.4, 0.5) is 14.9 Å². The highest BCUT2D eigenvalue weighted by Crippen LogP contribution is 2.26. The molecule has 1 aromatic heterocycles. The van der Waals surface area contributed by atoms with E-state index < -0.39 is 0 Å². The Balaban J connectivity index is 1.67. The number of benzene rings is 1. The Kier molecular flexibility index (Phi) is 5.12. The molecule has 130 valence electrons. The van der Waals surface area contributed by atoms with Crippen LogP contribution >= 0.6 is 0 Å². The largest absolute Gasteiger partial charge is 0.324 e. The maximum absolute atomic E-state index is 14.2. The number of halogens is 1. The number of hydrogen-bond acceptors (Lipinski definition) is 2. The van der Waals surface area contributed by atoms with Crippen LogP contribution in [0, 0.1) is 18.7 Å². The van der Waals surface area contributed by atoms with Crippen LogP contribution in [-0.2, 0) is 0 Å². The van der Waals surface area contributed by atoms with Gasteiger partial charge in [0.2, 0.25) is 0 Å². The lowest BCUT2D eigenvalue weighted by Gasteiger charge is -2.33. The van der Waals surface area contributed by atoms with Crippen LogP contribution in [0.5, 0.6) is 0 Å². The molecule has 1 N–H and O–H groups in total. The lowest BCUT2D eigenvalue weighted by Crippen LogP contribution is -2.42. The molecule has 2 heterocycles. The average Bonchev–Trinajstić information content (AvgIpc) is 2.61. The third kappa shape index (κ3) is 4.05. The van der Waals surface area contributed by atoms with Gasteiger partial charge in [-0.1, -0.05) is 36.8 Å². The average molecular weight is 339 g/mol. The Morgan fingerprint density at radius 1 is 1.36 bits per heavy atom. The molecule has 2 aromatic rings. The normalized spacial score (nSPS) is 19.1. The number of carbonyl (C=O) groups excluding carboxylic acids is 1. The molecule has 5 heteroatoms. The summed E-state index contributed by atoms with van der Waals surface area (Å²) in [5.41, 5.74) is 3.13. The fourth-order valence-electron chi connectivity index (χ4n) is 3.07. The van der Waals surface area contributed by atoms with Crippen LogP contribution in [0.25, 0.3) is 6.08 Å². The number of rotatable bonds is 2. The van der Waals surface area contributed by atoms with E-state index in [0.29, 0.717) is 29.9 Å². The van der Waals surface area contributed by atoms with Crippen molar-refractivity contribution < 1.29 is 9.18 Å². The van der Waals surface area contributed by atoms with Crippen molar-refractivity contribution in [3.8, 4) is 0 Å². The second-order valence-corrected chi connectivity index (χ2v) is 6.47. The summed E-state index contributed by atoms with van der Waals surface area (Å²) in [6.45, 7) is 5.08. The van der Waals surface area contributed by atoms with Gasteiger partial charge < -0.3 is 10.2 Å². The highest BCUT2D eigenvalue weighted by molar-refractivity contribution is 5.89. The van der Waals surface area contributed by atoms with Crippen LogP contribution in [0.1, 0.15) is 24.5 Å². The third-order valence-electron chi connectivity index (χ3n) is 4.56. The Labute approximate surface area is 147 Å². The molecular weight excluding hydrogens is 317 g/mol. The number of aryl methyl sites for hydroxylation is 1. The van der Waals surface area contributed by atoms with Crippen molar-refractivity contribution in [1.82, 2.24) is 9.88 Å². The summed E-state index contributed by atoms with van der Waals surface area (Å²) in [5.74, 6) is 0.0206. The van der Waals surface area contributed by atoms with E-state index in [4.69, 9.17) is 0 Å². The maximum Gasteiger partial charge on any atom is 0.321 e. The number of hydrogen-bond donors (Lipinski definition) is 1. The summed E-state index contributed by atoms with van der Waals surface area (Å²) < 4.78 is 14.2. The number of amides is 2.